The monoisotopic (exact) mass is 298 g/mol. The van der Waals surface area contributed by atoms with E-state index < -0.39 is 0 Å². The Morgan fingerprint density at radius 3 is 2.90 bits per heavy atom. The van der Waals surface area contributed by atoms with Crippen molar-refractivity contribution in [3.05, 3.63) is 59.1 Å². The highest BCUT2D eigenvalue weighted by Gasteiger charge is 2.10. The van der Waals surface area contributed by atoms with Gasteiger partial charge in [0, 0.05) is 33.9 Å². The molecule has 0 saturated carbocycles. The number of hydrogen-bond donors (Lipinski definition) is 1. The number of thiophene rings is 1. The van der Waals surface area contributed by atoms with E-state index in [4.69, 9.17) is 4.74 Å². The van der Waals surface area contributed by atoms with Crippen molar-refractivity contribution in [2.24, 2.45) is 0 Å². The summed E-state index contributed by atoms with van der Waals surface area (Å²) in [5.74, 6) is 0.688. The summed E-state index contributed by atoms with van der Waals surface area (Å²) >= 11 is 1.84. The van der Waals surface area contributed by atoms with Gasteiger partial charge in [0.25, 0.3) is 0 Å². The highest BCUT2D eigenvalue weighted by atomic mass is 32.1. The maximum atomic E-state index is 5.28. The van der Waals surface area contributed by atoms with Crippen LogP contribution < -0.4 is 10.1 Å². The molecule has 2 aromatic heterocycles. The molecule has 0 amide bonds. The van der Waals surface area contributed by atoms with Crippen molar-refractivity contribution in [3.8, 4) is 5.88 Å². The number of aromatic nitrogens is 1. The average Bonchev–Trinajstić information content (AvgIpc) is 2.97. The number of methoxy groups -OCH3 is 1. The molecule has 0 spiro atoms. The lowest BCUT2D eigenvalue weighted by atomic mass is 10.2. The van der Waals surface area contributed by atoms with Crippen LogP contribution in [0, 0.1) is 0 Å². The lowest BCUT2D eigenvalue weighted by molar-refractivity contribution is 0.389. The predicted octanol–water partition coefficient (Wildman–Crippen LogP) is 4.16. The molecule has 0 aliphatic rings. The second-order valence-corrected chi connectivity index (χ2v) is 6.08. The van der Waals surface area contributed by atoms with Crippen molar-refractivity contribution in [2.75, 3.05) is 7.11 Å². The van der Waals surface area contributed by atoms with E-state index in [1.165, 1.54) is 15.0 Å². The molecular weight excluding hydrogens is 280 g/mol. The van der Waals surface area contributed by atoms with Crippen LogP contribution in [0.2, 0.25) is 0 Å². The van der Waals surface area contributed by atoms with Crippen molar-refractivity contribution in [3.63, 3.8) is 0 Å². The van der Waals surface area contributed by atoms with Gasteiger partial charge in [-0.15, -0.1) is 11.3 Å². The smallest absolute Gasteiger partial charge is 0.217 e. The van der Waals surface area contributed by atoms with Crippen molar-refractivity contribution in [1.29, 1.82) is 0 Å². The lowest BCUT2D eigenvalue weighted by Crippen LogP contribution is -2.17. The highest BCUT2D eigenvalue weighted by molar-refractivity contribution is 7.19. The summed E-state index contributed by atoms with van der Waals surface area (Å²) < 4.78 is 6.62. The normalized spacial score (nSPS) is 12.5. The van der Waals surface area contributed by atoms with Crippen molar-refractivity contribution in [1.82, 2.24) is 10.3 Å². The van der Waals surface area contributed by atoms with Gasteiger partial charge in [-0.3, -0.25) is 0 Å². The number of nitrogens with zero attached hydrogens (tertiary/aromatic N) is 1. The molecule has 3 aromatic rings. The molecule has 0 fully saturated rings. The highest BCUT2D eigenvalue weighted by Crippen LogP contribution is 2.29. The summed E-state index contributed by atoms with van der Waals surface area (Å²) in [6.45, 7) is 2.93. The molecule has 0 aliphatic carbocycles. The van der Waals surface area contributed by atoms with Gasteiger partial charge in [0.1, 0.15) is 0 Å². The number of nitrogens with one attached hydrogen (secondary N) is 1. The molecule has 0 bridgehead atoms. The van der Waals surface area contributed by atoms with Gasteiger partial charge in [-0.1, -0.05) is 24.3 Å². The maximum absolute atomic E-state index is 5.28. The van der Waals surface area contributed by atoms with Crippen LogP contribution in [0.4, 0.5) is 0 Å². The summed E-state index contributed by atoms with van der Waals surface area (Å²) in [5.41, 5.74) is 1.08. The quantitative estimate of drug-likeness (QED) is 0.768. The van der Waals surface area contributed by atoms with Crippen molar-refractivity contribution >= 4 is 21.4 Å². The molecule has 108 valence electrons. The average molecular weight is 298 g/mol. The number of pyridine rings is 1. The largest absolute Gasteiger partial charge is 0.481 e. The van der Waals surface area contributed by atoms with Gasteiger partial charge in [-0.05, 0) is 30.5 Å². The Labute approximate surface area is 128 Å². The SMILES string of the molecule is COc1ncccc1CNC(C)c1cc2ccccc2s1. The van der Waals surface area contributed by atoms with E-state index in [0.717, 1.165) is 12.1 Å². The van der Waals surface area contributed by atoms with Crippen LogP contribution in [0.5, 0.6) is 5.88 Å². The molecule has 4 heteroatoms. The van der Waals surface area contributed by atoms with Crippen molar-refractivity contribution in [2.45, 2.75) is 19.5 Å². The zero-order chi connectivity index (χ0) is 14.7. The summed E-state index contributed by atoms with van der Waals surface area (Å²) in [6, 6.07) is 15.0. The summed E-state index contributed by atoms with van der Waals surface area (Å²) in [5, 5.41) is 4.85. The summed E-state index contributed by atoms with van der Waals surface area (Å²) in [4.78, 5) is 5.57. The third-order valence-electron chi connectivity index (χ3n) is 3.51. The fraction of sp³-hybridized carbons (Fsp3) is 0.235. The van der Waals surface area contributed by atoms with E-state index in [9.17, 15) is 0 Å². The Kier molecular flexibility index (Phi) is 4.18. The Bertz CT molecular complexity index is 705. The molecule has 0 aliphatic heterocycles. The molecule has 1 unspecified atom stereocenters. The van der Waals surface area contributed by atoms with Crippen LogP contribution >= 0.6 is 11.3 Å². The Hall–Kier alpha value is -1.91. The van der Waals surface area contributed by atoms with Gasteiger partial charge in [0.15, 0.2) is 0 Å². The third kappa shape index (κ3) is 3.06. The molecule has 1 atom stereocenters. The van der Waals surface area contributed by atoms with Gasteiger partial charge in [0.2, 0.25) is 5.88 Å². The standard InChI is InChI=1S/C17H18N2OS/c1-12(16-10-13-6-3-4-8-15(13)21-16)19-11-14-7-5-9-18-17(14)20-2/h3-10,12,19H,11H2,1-2H3. The van der Waals surface area contributed by atoms with E-state index >= 15 is 0 Å². The minimum Gasteiger partial charge on any atom is -0.481 e. The molecule has 0 saturated heterocycles. The second-order valence-electron chi connectivity index (χ2n) is 4.96. The van der Waals surface area contributed by atoms with Crippen LogP contribution in [0.15, 0.2) is 48.7 Å². The topological polar surface area (TPSA) is 34.1 Å². The number of hydrogen-bond acceptors (Lipinski definition) is 4. The minimum atomic E-state index is 0.298. The van der Waals surface area contributed by atoms with E-state index in [-0.39, 0.29) is 0 Å². The zero-order valence-electron chi connectivity index (χ0n) is 12.2. The number of ether oxygens (including phenoxy) is 1. The first-order valence-electron chi connectivity index (χ1n) is 6.97. The minimum absolute atomic E-state index is 0.298. The van der Waals surface area contributed by atoms with E-state index in [0.29, 0.717) is 11.9 Å². The van der Waals surface area contributed by atoms with Crippen LogP contribution in [0.3, 0.4) is 0 Å². The molecular formula is C17H18N2OS. The van der Waals surface area contributed by atoms with Gasteiger partial charge in [0.05, 0.1) is 7.11 Å². The van der Waals surface area contributed by atoms with Crippen LogP contribution in [0.25, 0.3) is 10.1 Å². The molecule has 1 N–H and O–H groups in total. The Morgan fingerprint density at radius 2 is 2.10 bits per heavy atom. The maximum Gasteiger partial charge on any atom is 0.217 e. The van der Waals surface area contributed by atoms with Gasteiger partial charge < -0.3 is 10.1 Å². The predicted molar refractivity (Wildman–Crippen MR) is 87.9 cm³/mol. The first-order chi connectivity index (χ1) is 10.3. The van der Waals surface area contributed by atoms with Gasteiger partial charge in [-0.2, -0.15) is 0 Å². The molecule has 2 heterocycles. The van der Waals surface area contributed by atoms with Gasteiger partial charge in [-0.25, -0.2) is 4.98 Å². The van der Waals surface area contributed by atoms with Crippen LogP contribution in [0.1, 0.15) is 23.4 Å². The fourth-order valence-corrected chi connectivity index (χ4v) is 3.41. The van der Waals surface area contributed by atoms with Crippen LogP contribution in [-0.2, 0) is 6.54 Å². The molecule has 3 rings (SSSR count). The van der Waals surface area contributed by atoms with Crippen LogP contribution in [-0.4, -0.2) is 12.1 Å². The number of benzene rings is 1. The lowest BCUT2D eigenvalue weighted by Gasteiger charge is -2.13. The Morgan fingerprint density at radius 1 is 1.24 bits per heavy atom. The van der Waals surface area contributed by atoms with E-state index in [1.807, 2.05) is 23.5 Å². The fourth-order valence-electron chi connectivity index (χ4n) is 2.32. The molecule has 3 nitrogen and oxygen atoms in total. The van der Waals surface area contributed by atoms with Gasteiger partial charge >= 0.3 is 0 Å². The Balaban J connectivity index is 1.72. The summed E-state index contributed by atoms with van der Waals surface area (Å²) in [7, 11) is 1.65. The first kappa shape index (κ1) is 14.0. The summed E-state index contributed by atoms with van der Waals surface area (Å²) in [6.07, 6.45) is 1.75. The first-order valence-corrected chi connectivity index (χ1v) is 7.79. The third-order valence-corrected chi connectivity index (χ3v) is 4.81. The zero-order valence-corrected chi connectivity index (χ0v) is 13.0. The second kappa shape index (κ2) is 6.24. The van der Waals surface area contributed by atoms with Crippen molar-refractivity contribution < 1.29 is 4.74 Å². The molecule has 0 radical (unpaired) electrons. The van der Waals surface area contributed by atoms with E-state index in [2.05, 4.69) is 47.6 Å². The van der Waals surface area contributed by atoms with E-state index in [1.54, 1.807) is 13.3 Å². The number of fused-ring (bicyclic) bond motifs is 1. The molecule has 21 heavy (non-hydrogen) atoms. The number of rotatable bonds is 5. The molecule has 1 aromatic carbocycles.